The zero-order valence-corrected chi connectivity index (χ0v) is 4.37. The molecule has 0 atom stereocenters. The van der Waals surface area contributed by atoms with E-state index in [-0.39, 0.29) is 58.6 Å². The maximum Gasteiger partial charge on any atom is 0 e. The van der Waals surface area contributed by atoms with Gasteiger partial charge in [0.05, 0.1) is 0 Å². The van der Waals surface area contributed by atoms with E-state index in [0.717, 1.165) is 0 Å². The van der Waals surface area contributed by atoms with Gasteiger partial charge in [0.25, 0.3) is 0 Å². The molecule has 0 saturated heterocycles. The van der Waals surface area contributed by atoms with Crippen LogP contribution in [0.15, 0.2) is 0 Å². The molecular weight excluding hydrogens is 180 g/mol. The quantitative estimate of drug-likeness (QED) is 0.484. The Hall–Kier alpha value is 1.56. The molecule has 0 amide bonds. The van der Waals surface area contributed by atoms with Crippen molar-refractivity contribution in [2.24, 2.45) is 0 Å². The summed E-state index contributed by atoms with van der Waals surface area (Å²) < 4.78 is 0. The van der Waals surface area contributed by atoms with E-state index in [9.17, 15) is 0 Å². The Bertz CT molecular complexity index is 3.25. The summed E-state index contributed by atoms with van der Waals surface area (Å²) in [4.78, 5) is 0. The molecule has 0 unspecified atom stereocenters. The molecule has 0 rings (SSSR count). The zero-order chi connectivity index (χ0) is 0. The van der Waals surface area contributed by atoms with Crippen molar-refractivity contribution in [1.82, 2.24) is 0 Å². The third-order valence-corrected chi connectivity index (χ3v) is 0. The molecule has 0 saturated carbocycles. The van der Waals surface area contributed by atoms with Gasteiger partial charge in [-0.1, -0.05) is 7.43 Å². The van der Waals surface area contributed by atoms with E-state index >= 15 is 0 Å². The predicted octanol–water partition coefficient (Wildman–Crippen LogP) is 0.629. The second kappa shape index (κ2) is 23.8. The molecule has 0 spiro atoms. The summed E-state index contributed by atoms with van der Waals surface area (Å²) in [5, 5.41) is 0. The standard InChI is InChI=1S/CH4.3Fe/h1H4;;;. The van der Waals surface area contributed by atoms with E-state index in [0.29, 0.717) is 0 Å². The first-order valence-electron chi connectivity index (χ1n) is 0. The van der Waals surface area contributed by atoms with Gasteiger partial charge in [-0.3, -0.25) is 0 Å². The minimum absolute atomic E-state index is 0. The van der Waals surface area contributed by atoms with Gasteiger partial charge >= 0.3 is 0 Å². The van der Waals surface area contributed by atoms with Crippen LogP contribution in [0.25, 0.3) is 0 Å². The number of hydrogen-bond donors (Lipinski definition) is 0. The van der Waals surface area contributed by atoms with E-state index in [2.05, 4.69) is 0 Å². The summed E-state index contributed by atoms with van der Waals surface area (Å²) in [6, 6.07) is 0. The van der Waals surface area contributed by atoms with Crippen LogP contribution in [0.1, 0.15) is 7.43 Å². The van der Waals surface area contributed by atoms with Gasteiger partial charge in [0.2, 0.25) is 0 Å². The van der Waals surface area contributed by atoms with Crippen molar-refractivity contribution in [3.63, 3.8) is 0 Å². The Morgan fingerprint density at radius 2 is 0.500 bits per heavy atom. The van der Waals surface area contributed by atoms with Gasteiger partial charge in [0.15, 0.2) is 0 Å². The van der Waals surface area contributed by atoms with Gasteiger partial charge in [-0.15, -0.1) is 0 Å². The maximum atomic E-state index is 0. The summed E-state index contributed by atoms with van der Waals surface area (Å²) in [6.07, 6.45) is 0. The number of rotatable bonds is 0. The molecule has 32 valence electrons. The molecule has 0 N–H and O–H groups in total. The molecule has 4 heavy (non-hydrogen) atoms. The monoisotopic (exact) mass is 184 g/mol. The maximum absolute atomic E-state index is 0. The van der Waals surface area contributed by atoms with Gasteiger partial charge in [-0.2, -0.15) is 0 Å². The molecule has 0 radical (unpaired) electrons. The molecule has 0 aliphatic heterocycles. The average molecular weight is 184 g/mol. The molecule has 0 fully saturated rings. The van der Waals surface area contributed by atoms with Gasteiger partial charge in [-0.05, 0) is 0 Å². The first-order chi connectivity index (χ1) is 0. The van der Waals surface area contributed by atoms with Crippen LogP contribution in [0.2, 0.25) is 0 Å². The van der Waals surface area contributed by atoms with Gasteiger partial charge in [0.1, 0.15) is 0 Å². The minimum Gasteiger partial charge on any atom is -0.0776 e. The van der Waals surface area contributed by atoms with Crippen molar-refractivity contribution in [1.29, 1.82) is 0 Å². The van der Waals surface area contributed by atoms with Crippen molar-refractivity contribution in [3.8, 4) is 0 Å². The van der Waals surface area contributed by atoms with E-state index in [4.69, 9.17) is 0 Å². The Labute approximate surface area is 58.5 Å². The Morgan fingerprint density at radius 3 is 0.500 bits per heavy atom. The van der Waals surface area contributed by atoms with E-state index in [1.807, 2.05) is 0 Å². The van der Waals surface area contributed by atoms with Crippen molar-refractivity contribution < 1.29 is 51.2 Å². The molecule has 0 aromatic heterocycles. The summed E-state index contributed by atoms with van der Waals surface area (Å²) in [7, 11) is 0. The molecule has 0 aliphatic carbocycles. The first-order valence-corrected chi connectivity index (χ1v) is 0. The van der Waals surface area contributed by atoms with E-state index < -0.39 is 0 Å². The molecule has 0 aliphatic rings. The minimum atomic E-state index is 0. The number of hydrogen-bond acceptors (Lipinski definition) is 0. The zero-order valence-electron chi connectivity index (χ0n) is 1.06. The molecule has 0 nitrogen and oxygen atoms in total. The van der Waals surface area contributed by atoms with E-state index in [1.165, 1.54) is 0 Å². The van der Waals surface area contributed by atoms with Crippen molar-refractivity contribution >= 4 is 0 Å². The van der Waals surface area contributed by atoms with Crippen LogP contribution in [-0.2, 0) is 51.2 Å². The normalized spacial score (nSPS) is 0. The molecule has 0 aromatic rings. The van der Waals surface area contributed by atoms with Crippen LogP contribution in [-0.4, -0.2) is 0 Å². The Balaban J connectivity index is 0. The van der Waals surface area contributed by atoms with Crippen LogP contribution in [0.3, 0.4) is 0 Å². The predicted molar refractivity (Wildman–Crippen MR) is 6.73 cm³/mol. The summed E-state index contributed by atoms with van der Waals surface area (Å²) in [6.45, 7) is 0. The van der Waals surface area contributed by atoms with Crippen LogP contribution in [0, 0.1) is 0 Å². The molecule has 0 heterocycles. The Kier molecular flexibility index (Phi) is 283. The molecule has 0 bridgehead atoms. The molecule has 0 aromatic carbocycles. The van der Waals surface area contributed by atoms with E-state index in [1.54, 1.807) is 0 Å². The fourth-order valence-electron chi connectivity index (χ4n) is 0. The van der Waals surface area contributed by atoms with Crippen molar-refractivity contribution in [3.05, 3.63) is 0 Å². The first kappa shape index (κ1) is 47.6. The fourth-order valence-corrected chi connectivity index (χ4v) is 0. The topological polar surface area (TPSA) is 0 Å². The summed E-state index contributed by atoms with van der Waals surface area (Å²) >= 11 is 0. The largest absolute Gasteiger partial charge is 0.0776 e. The average Bonchev–Trinajstić information content (AvgIpc) is 0. The molecular formula is CH4Fe3. The Morgan fingerprint density at radius 1 is 0.500 bits per heavy atom. The fraction of sp³-hybridized carbons (Fsp3) is 1.00. The van der Waals surface area contributed by atoms with Crippen LogP contribution >= 0.6 is 0 Å². The van der Waals surface area contributed by atoms with Crippen LogP contribution in [0.5, 0.6) is 0 Å². The summed E-state index contributed by atoms with van der Waals surface area (Å²) in [5.74, 6) is 0. The second-order valence-electron chi connectivity index (χ2n) is 0. The second-order valence-corrected chi connectivity index (χ2v) is 0. The van der Waals surface area contributed by atoms with Gasteiger partial charge < -0.3 is 0 Å². The van der Waals surface area contributed by atoms with Crippen LogP contribution in [0.4, 0.5) is 0 Å². The smallest absolute Gasteiger partial charge is 0 e. The van der Waals surface area contributed by atoms with Crippen molar-refractivity contribution in [2.45, 2.75) is 7.43 Å². The molecule has 3 heteroatoms. The summed E-state index contributed by atoms with van der Waals surface area (Å²) in [5.41, 5.74) is 0. The van der Waals surface area contributed by atoms with Crippen LogP contribution < -0.4 is 0 Å². The van der Waals surface area contributed by atoms with Gasteiger partial charge in [0, 0.05) is 51.2 Å². The SMILES string of the molecule is C.[Fe].[Fe].[Fe]. The van der Waals surface area contributed by atoms with Gasteiger partial charge in [-0.25, -0.2) is 0 Å². The van der Waals surface area contributed by atoms with Crippen molar-refractivity contribution in [2.75, 3.05) is 0 Å². The third-order valence-electron chi connectivity index (χ3n) is 0. The third kappa shape index (κ3) is 9.59.